The van der Waals surface area contributed by atoms with Gasteiger partial charge in [0, 0.05) is 5.56 Å². The van der Waals surface area contributed by atoms with Crippen LogP contribution < -0.4 is 9.47 Å². The van der Waals surface area contributed by atoms with E-state index in [0.717, 1.165) is 0 Å². The van der Waals surface area contributed by atoms with Crippen LogP contribution in [0.2, 0.25) is 0 Å². The monoisotopic (exact) mass is 248 g/mol. The third-order valence-corrected chi connectivity index (χ3v) is 1.97. The zero-order valence-corrected chi connectivity index (χ0v) is 9.08. The van der Waals surface area contributed by atoms with Gasteiger partial charge >= 0.3 is 6.18 Å². The van der Waals surface area contributed by atoms with Crippen molar-refractivity contribution in [2.75, 3.05) is 13.7 Å². The molecule has 0 saturated heterocycles. The summed E-state index contributed by atoms with van der Waals surface area (Å²) in [5.74, 6) is 0.416. The van der Waals surface area contributed by atoms with Crippen molar-refractivity contribution in [3.8, 4) is 11.5 Å². The van der Waals surface area contributed by atoms with Crippen molar-refractivity contribution in [1.82, 2.24) is 0 Å². The van der Waals surface area contributed by atoms with Gasteiger partial charge in [-0.1, -0.05) is 0 Å². The first-order valence-corrected chi connectivity index (χ1v) is 4.79. The largest absolute Gasteiger partial charge is 0.493 e. The molecule has 0 heterocycles. The van der Waals surface area contributed by atoms with Gasteiger partial charge in [-0.2, -0.15) is 13.2 Å². The summed E-state index contributed by atoms with van der Waals surface area (Å²) in [6.45, 7) is -0.486. The fraction of sp³-hybridized carbons (Fsp3) is 0.364. The van der Waals surface area contributed by atoms with Crippen molar-refractivity contribution in [3.05, 3.63) is 23.8 Å². The minimum Gasteiger partial charge on any atom is -0.493 e. The molecule has 0 bridgehead atoms. The molecule has 0 amide bonds. The minimum absolute atomic E-state index is 0.183. The highest BCUT2D eigenvalue weighted by Crippen LogP contribution is 2.28. The van der Waals surface area contributed by atoms with Gasteiger partial charge in [0.25, 0.3) is 0 Å². The molecular formula is C11H11F3O3. The fourth-order valence-electron chi connectivity index (χ4n) is 1.15. The number of rotatable bonds is 5. The summed E-state index contributed by atoms with van der Waals surface area (Å²) in [6, 6.07) is 4.24. The molecule has 0 aliphatic carbocycles. The third-order valence-electron chi connectivity index (χ3n) is 1.97. The lowest BCUT2D eigenvalue weighted by atomic mass is 10.2. The highest BCUT2D eigenvalue weighted by Gasteiger charge is 2.27. The van der Waals surface area contributed by atoms with E-state index < -0.39 is 19.2 Å². The predicted molar refractivity (Wildman–Crippen MR) is 54.5 cm³/mol. The molecule has 0 aromatic heterocycles. The Morgan fingerprint density at radius 3 is 2.53 bits per heavy atom. The maximum Gasteiger partial charge on any atom is 0.392 e. The summed E-state index contributed by atoms with van der Waals surface area (Å²) in [5, 5.41) is 0. The second kappa shape index (κ2) is 5.56. The normalized spacial score (nSPS) is 11.1. The number of hydrogen-bond acceptors (Lipinski definition) is 3. The summed E-state index contributed by atoms with van der Waals surface area (Å²) in [4.78, 5) is 10.5. The number of alkyl halides is 3. The summed E-state index contributed by atoms with van der Waals surface area (Å²) in [6.07, 6.45) is -4.68. The maximum absolute atomic E-state index is 11.9. The van der Waals surface area contributed by atoms with Crippen LogP contribution in [-0.2, 0) is 0 Å². The molecule has 0 atom stereocenters. The van der Waals surface area contributed by atoms with Crippen molar-refractivity contribution < 1.29 is 27.4 Å². The molecule has 94 valence electrons. The second-order valence-corrected chi connectivity index (χ2v) is 3.24. The average molecular weight is 248 g/mol. The van der Waals surface area contributed by atoms with Crippen LogP contribution in [0.3, 0.4) is 0 Å². The van der Waals surface area contributed by atoms with Crippen molar-refractivity contribution in [2.24, 2.45) is 0 Å². The Morgan fingerprint density at radius 1 is 1.29 bits per heavy atom. The summed E-state index contributed by atoms with van der Waals surface area (Å²) < 4.78 is 45.6. The second-order valence-electron chi connectivity index (χ2n) is 3.24. The van der Waals surface area contributed by atoms with E-state index in [4.69, 9.17) is 9.47 Å². The predicted octanol–water partition coefficient (Wildman–Crippen LogP) is 2.84. The van der Waals surface area contributed by atoms with Crippen molar-refractivity contribution in [1.29, 1.82) is 0 Å². The standard InChI is InChI=1S/C11H11F3O3/c1-16-10-6-8(7-15)2-3-9(10)17-5-4-11(12,13)14/h2-3,6-7H,4-5H2,1H3. The minimum atomic E-state index is -4.25. The Morgan fingerprint density at radius 2 is 2.00 bits per heavy atom. The molecule has 6 heteroatoms. The van der Waals surface area contributed by atoms with Gasteiger partial charge in [-0.3, -0.25) is 4.79 Å². The molecular weight excluding hydrogens is 237 g/mol. The van der Waals surface area contributed by atoms with Gasteiger partial charge in [-0.15, -0.1) is 0 Å². The lowest BCUT2D eigenvalue weighted by Gasteiger charge is -2.12. The Labute approximate surface area is 96.1 Å². The first-order valence-electron chi connectivity index (χ1n) is 4.79. The molecule has 1 aromatic rings. The van der Waals surface area contributed by atoms with Crippen LogP contribution in [-0.4, -0.2) is 26.2 Å². The SMILES string of the molecule is COc1cc(C=O)ccc1OCCC(F)(F)F. The Kier molecular flexibility index (Phi) is 4.37. The van der Waals surface area contributed by atoms with Crippen LogP contribution >= 0.6 is 0 Å². The van der Waals surface area contributed by atoms with E-state index in [0.29, 0.717) is 11.8 Å². The van der Waals surface area contributed by atoms with Crippen LogP contribution in [0.1, 0.15) is 16.8 Å². The quantitative estimate of drug-likeness (QED) is 0.751. The lowest BCUT2D eigenvalue weighted by molar-refractivity contribution is -0.139. The smallest absolute Gasteiger partial charge is 0.392 e. The topological polar surface area (TPSA) is 35.5 Å². The van der Waals surface area contributed by atoms with Gasteiger partial charge in [0.15, 0.2) is 11.5 Å². The van der Waals surface area contributed by atoms with Gasteiger partial charge < -0.3 is 9.47 Å². The maximum atomic E-state index is 11.9. The molecule has 0 spiro atoms. The zero-order valence-electron chi connectivity index (χ0n) is 9.08. The van der Waals surface area contributed by atoms with Gasteiger partial charge in [0.1, 0.15) is 6.29 Å². The van der Waals surface area contributed by atoms with Crippen LogP contribution in [0.4, 0.5) is 13.2 Å². The highest BCUT2D eigenvalue weighted by atomic mass is 19.4. The van der Waals surface area contributed by atoms with E-state index in [-0.39, 0.29) is 11.5 Å². The van der Waals surface area contributed by atoms with E-state index in [9.17, 15) is 18.0 Å². The van der Waals surface area contributed by atoms with Crippen LogP contribution in [0.15, 0.2) is 18.2 Å². The number of methoxy groups -OCH3 is 1. The van der Waals surface area contributed by atoms with E-state index >= 15 is 0 Å². The number of benzene rings is 1. The molecule has 1 aromatic carbocycles. The first kappa shape index (κ1) is 13.3. The lowest BCUT2D eigenvalue weighted by Crippen LogP contribution is -2.13. The molecule has 0 radical (unpaired) electrons. The Balaban J connectivity index is 2.67. The molecule has 17 heavy (non-hydrogen) atoms. The summed E-state index contributed by atoms with van der Waals surface area (Å²) in [5.41, 5.74) is 0.366. The van der Waals surface area contributed by atoms with Crippen molar-refractivity contribution in [3.63, 3.8) is 0 Å². The average Bonchev–Trinajstić information content (AvgIpc) is 2.27. The molecule has 0 N–H and O–H groups in total. The molecule has 0 unspecified atom stereocenters. The molecule has 1 rings (SSSR count). The molecule has 3 nitrogen and oxygen atoms in total. The van der Waals surface area contributed by atoms with Crippen molar-refractivity contribution in [2.45, 2.75) is 12.6 Å². The van der Waals surface area contributed by atoms with Gasteiger partial charge in [0.05, 0.1) is 20.1 Å². The molecule has 0 aliphatic rings. The molecule has 0 saturated carbocycles. The highest BCUT2D eigenvalue weighted by molar-refractivity contribution is 5.76. The van der Waals surface area contributed by atoms with Gasteiger partial charge in [-0.05, 0) is 18.2 Å². The number of ether oxygens (including phenoxy) is 2. The van der Waals surface area contributed by atoms with E-state index in [1.807, 2.05) is 0 Å². The fourth-order valence-corrected chi connectivity index (χ4v) is 1.15. The summed E-state index contributed by atoms with van der Waals surface area (Å²) in [7, 11) is 1.35. The van der Waals surface area contributed by atoms with Crippen molar-refractivity contribution >= 4 is 6.29 Å². The van der Waals surface area contributed by atoms with Crippen LogP contribution in [0.5, 0.6) is 11.5 Å². The van der Waals surface area contributed by atoms with E-state index in [1.165, 1.54) is 25.3 Å². The number of carbonyl (C=O) groups excluding carboxylic acids is 1. The molecule has 0 fully saturated rings. The Hall–Kier alpha value is -1.72. The van der Waals surface area contributed by atoms with Crippen LogP contribution in [0.25, 0.3) is 0 Å². The van der Waals surface area contributed by atoms with Gasteiger partial charge in [0.2, 0.25) is 0 Å². The Bertz CT molecular complexity index is 388. The molecule has 0 aliphatic heterocycles. The van der Waals surface area contributed by atoms with E-state index in [2.05, 4.69) is 0 Å². The third kappa shape index (κ3) is 4.34. The summed E-state index contributed by atoms with van der Waals surface area (Å²) >= 11 is 0. The zero-order chi connectivity index (χ0) is 12.9. The number of halogens is 3. The number of carbonyl (C=O) groups is 1. The van der Waals surface area contributed by atoms with Crippen LogP contribution in [0, 0.1) is 0 Å². The van der Waals surface area contributed by atoms with E-state index in [1.54, 1.807) is 0 Å². The van der Waals surface area contributed by atoms with Gasteiger partial charge in [-0.25, -0.2) is 0 Å². The first-order chi connectivity index (χ1) is 7.96. The number of aldehydes is 1. The number of hydrogen-bond donors (Lipinski definition) is 0.